The minimum absolute atomic E-state index is 0.168. The Kier molecular flexibility index (Phi) is 5.19. The van der Waals surface area contributed by atoms with Crippen molar-refractivity contribution < 1.29 is 23.6 Å². The average Bonchev–Trinajstić information content (AvgIpc) is 2.79. The predicted molar refractivity (Wildman–Crippen MR) is 57.0 cm³/mol. The van der Waals surface area contributed by atoms with Gasteiger partial charge in [0, 0.05) is 12.0 Å². The summed E-state index contributed by atoms with van der Waals surface area (Å²) >= 11 is 0. The standard InChI is InChI=1S/C11H15NO5/c1-3-15-10(13)9(11(14)16-4-2)5-8-6-12-17-7-8/h6-7,9H,3-5H2,1-2H3. The molecule has 17 heavy (non-hydrogen) atoms. The lowest BCUT2D eigenvalue weighted by molar-refractivity contribution is -0.161. The van der Waals surface area contributed by atoms with Crippen LogP contribution >= 0.6 is 0 Å². The zero-order valence-corrected chi connectivity index (χ0v) is 9.84. The third-order valence-corrected chi connectivity index (χ3v) is 2.07. The van der Waals surface area contributed by atoms with Crippen LogP contribution in [0.4, 0.5) is 0 Å². The van der Waals surface area contributed by atoms with Gasteiger partial charge in [0.1, 0.15) is 6.26 Å². The predicted octanol–water partition coefficient (Wildman–Crippen LogP) is 0.960. The van der Waals surface area contributed by atoms with E-state index < -0.39 is 17.9 Å². The first-order valence-corrected chi connectivity index (χ1v) is 5.40. The van der Waals surface area contributed by atoms with Crippen LogP contribution in [0.3, 0.4) is 0 Å². The molecule has 0 saturated heterocycles. The highest BCUT2D eigenvalue weighted by Gasteiger charge is 2.30. The van der Waals surface area contributed by atoms with Crippen molar-refractivity contribution in [3.8, 4) is 0 Å². The van der Waals surface area contributed by atoms with Gasteiger partial charge in [-0.3, -0.25) is 9.59 Å². The molecule has 6 heteroatoms. The minimum Gasteiger partial charge on any atom is -0.465 e. The van der Waals surface area contributed by atoms with Crippen LogP contribution in [0.1, 0.15) is 19.4 Å². The molecule has 0 N–H and O–H groups in total. The van der Waals surface area contributed by atoms with Crippen LogP contribution in [-0.4, -0.2) is 30.3 Å². The van der Waals surface area contributed by atoms with Crippen LogP contribution in [0.15, 0.2) is 17.0 Å². The summed E-state index contributed by atoms with van der Waals surface area (Å²) in [7, 11) is 0. The van der Waals surface area contributed by atoms with Crippen LogP contribution in [0.25, 0.3) is 0 Å². The van der Waals surface area contributed by atoms with Crippen molar-refractivity contribution in [3.63, 3.8) is 0 Å². The molecule has 0 fully saturated rings. The van der Waals surface area contributed by atoms with E-state index in [2.05, 4.69) is 9.68 Å². The van der Waals surface area contributed by atoms with Crippen molar-refractivity contribution in [2.45, 2.75) is 20.3 Å². The Balaban J connectivity index is 2.71. The van der Waals surface area contributed by atoms with E-state index in [1.807, 2.05) is 0 Å². The zero-order valence-electron chi connectivity index (χ0n) is 9.84. The lowest BCUT2D eigenvalue weighted by Gasteiger charge is -2.12. The van der Waals surface area contributed by atoms with E-state index in [1.165, 1.54) is 12.5 Å². The van der Waals surface area contributed by atoms with Crippen molar-refractivity contribution >= 4 is 11.9 Å². The Hall–Kier alpha value is -1.85. The Morgan fingerprint density at radius 2 is 1.88 bits per heavy atom. The summed E-state index contributed by atoms with van der Waals surface area (Å²) in [6.07, 6.45) is 3.00. The average molecular weight is 241 g/mol. The second-order valence-electron chi connectivity index (χ2n) is 3.29. The van der Waals surface area contributed by atoms with Crippen molar-refractivity contribution in [2.75, 3.05) is 13.2 Å². The monoisotopic (exact) mass is 241 g/mol. The van der Waals surface area contributed by atoms with Crippen LogP contribution in [0, 0.1) is 5.92 Å². The molecule has 1 aromatic heterocycles. The highest BCUT2D eigenvalue weighted by molar-refractivity contribution is 5.95. The van der Waals surface area contributed by atoms with Crippen LogP contribution < -0.4 is 0 Å². The Labute approximate surface area is 98.9 Å². The van der Waals surface area contributed by atoms with E-state index in [1.54, 1.807) is 13.8 Å². The number of aromatic nitrogens is 1. The Morgan fingerprint density at radius 3 is 2.29 bits per heavy atom. The molecule has 0 bridgehead atoms. The first-order chi connectivity index (χ1) is 8.19. The fraction of sp³-hybridized carbons (Fsp3) is 0.545. The maximum Gasteiger partial charge on any atom is 0.320 e. The van der Waals surface area contributed by atoms with Gasteiger partial charge in [-0.05, 0) is 13.8 Å². The molecule has 1 aromatic rings. The number of nitrogens with zero attached hydrogens (tertiary/aromatic N) is 1. The molecule has 0 unspecified atom stereocenters. The van der Waals surface area contributed by atoms with E-state index in [0.29, 0.717) is 5.56 Å². The maximum atomic E-state index is 11.6. The van der Waals surface area contributed by atoms with Gasteiger partial charge in [0.2, 0.25) is 0 Å². The fourth-order valence-corrected chi connectivity index (χ4v) is 1.31. The van der Waals surface area contributed by atoms with E-state index in [-0.39, 0.29) is 19.6 Å². The summed E-state index contributed by atoms with van der Waals surface area (Å²) in [5.74, 6) is -2.14. The van der Waals surface area contributed by atoms with Crippen LogP contribution in [-0.2, 0) is 25.5 Å². The molecule has 1 rings (SSSR count). The second kappa shape index (κ2) is 6.67. The first-order valence-electron chi connectivity index (χ1n) is 5.40. The summed E-state index contributed by atoms with van der Waals surface area (Å²) in [6.45, 7) is 3.80. The van der Waals surface area contributed by atoms with Gasteiger partial charge in [-0.15, -0.1) is 0 Å². The number of ether oxygens (including phenoxy) is 2. The summed E-state index contributed by atoms with van der Waals surface area (Å²) in [5, 5.41) is 3.51. The van der Waals surface area contributed by atoms with Gasteiger partial charge in [-0.1, -0.05) is 5.16 Å². The lowest BCUT2D eigenvalue weighted by Crippen LogP contribution is -2.29. The molecule has 0 atom stereocenters. The Bertz CT molecular complexity index is 342. The van der Waals surface area contributed by atoms with Gasteiger partial charge < -0.3 is 14.0 Å². The van der Waals surface area contributed by atoms with Crippen molar-refractivity contribution in [3.05, 3.63) is 18.0 Å². The zero-order chi connectivity index (χ0) is 12.7. The van der Waals surface area contributed by atoms with Crippen LogP contribution in [0.5, 0.6) is 0 Å². The lowest BCUT2D eigenvalue weighted by atomic mass is 10.0. The molecule has 0 spiro atoms. The molecule has 0 aliphatic rings. The molecule has 0 radical (unpaired) electrons. The van der Waals surface area contributed by atoms with Gasteiger partial charge in [0.15, 0.2) is 5.92 Å². The molecule has 6 nitrogen and oxygen atoms in total. The van der Waals surface area contributed by atoms with Gasteiger partial charge in [-0.25, -0.2) is 0 Å². The molecule has 0 amide bonds. The largest absolute Gasteiger partial charge is 0.465 e. The van der Waals surface area contributed by atoms with Gasteiger partial charge >= 0.3 is 11.9 Å². The highest BCUT2D eigenvalue weighted by atomic mass is 16.6. The van der Waals surface area contributed by atoms with Gasteiger partial charge in [0.05, 0.1) is 19.4 Å². The van der Waals surface area contributed by atoms with E-state index in [4.69, 9.17) is 9.47 Å². The van der Waals surface area contributed by atoms with E-state index >= 15 is 0 Å². The third kappa shape index (κ3) is 3.90. The highest BCUT2D eigenvalue weighted by Crippen LogP contribution is 2.12. The molecule has 94 valence electrons. The summed E-state index contributed by atoms with van der Waals surface area (Å²) in [6, 6.07) is 0. The molecular formula is C11H15NO5. The molecule has 1 heterocycles. The van der Waals surface area contributed by atoms with E-state index in [0.717, 1.165) is 0 Å². The smallest absolute Gasteiger partial charge is 0.320 e. The molecule has 0 aliphatic heterocycles. The van der Waals surface area contributed by atoms with Gasteiger partial charge in [0.25, 0.3) is 0 Å². The van der Waals surface area contributed by atoms with E-state index in [9.17, 15) is 9.59 Å². The van der Waals surface area contributed by atoms with Crippen molar-refractivity contribution in [2.24, 2.45) is 5.92 Å². The second-order valence-corrected chi connectivity index (χ2v) is 3.29. The normalized spacial score (nSPS) is 10.3. The van der Waals surface area contributed by atoms with Crippen LogP contribution in [0.2, 0.25) is 0 Å². The summed E-state index contributed by atoms with van der Waals surface area (Å²) in [5.41, 5.74) is 0.649. The van der Waals surface area contributed by atoms with Crippen molar-refractivity contribution in [1.82, 2.24) is 5.16 Å². The number of hydrogen-bond donors (Lipinski definition) is 0. The minimum atomic E-state index is -0.964. The summed E-state index contributed by atoms with van der Waals surface area (Å²) < 4.78 is 14.3. The number of carbonyl (C=O) groups excluding carboxylic acids is 2. The number of carbonyl (C=O) groups is 2. The van der Waals surface area contributed by atoms with Gasteiger partial charge in [-0.2, -0.15) is 0 Å². The Morgan fingerprint density at radius 1 is 1.29 bits per heavy atom. The molecule has 0 aliphatic carbocycles. The quantitative estimate of drug-likeness (QED) is 0.545. The molecule has 0 aromatic carbocycles. The maximum absolute atomic E-state index is 11.6. The molecule has 0 saturated carbocycles. The number of hydrogen-bond acceptors (Lipinski definition) is 6. The first kappa shape index (κ1) is 13.2. The molecular weight excluding hydrogens is 226 g/mol. The topological polar surface area (TPSA) is 78.6 Å². The SMILES string of the molecule is CCOC(=O)C(Cc1cnoc1)C(=O)OCC. The fourth-order valence-electron chi connectivity index (χ4n) is 1.31. The third-order valence-electron chi connectivity index (χ3n) is 2.07. The van der Waals surface area contributed by atoms with Crippen molar-refractivity contribution in [1.29, 1.82) is 0 Å². The number of rotatable bonds is 6. The summed E-state index contributed by atoms with van der Waals surface area (Å²) in [4.78, 5) is 23.2. The number of esters is 2.